The Balaban J connectivity index is 3.21. The minimum atomic E-state index is -0.136. The van der Waals surface area contributed by atoms with Crippen LogP contribution in [0.15, 0.2) is 6.07 Å². The molecule has 0 aliphatic heterocycles. The van der Waals surface area contributed by atoms with Crippen LogP contribution in [-0.4, -0.2) is 19.6 Å². The lowest BCUT2D eigenvalue weighted by molar-refractivity contribution is 0.0950. The van der Waals surface area contributed by atoms with Crippen molar-refractivity contribution in [1.82, 2.24) is 5.32 Å². The summed E-state index contributed by atoms with van der Waals surface area (Å²) in [6.07, 6.45) is 0.896. The summed E-state index contributed by atoms with van der Waals surface area (Å²) in [5.74, 6) is 0.432. The maximum Gasteiger partial charge on any atom is 0.255 e. The Kier molecular flexibility index (Phi) is 4.82. The van der Waals surface area contributed by atoms with Gasteiger partial charge < -0.3 is 10.1 Å². The highest BCUT2D eigenvalue weighted by molar-refractivity contribution is 6.32. The summed E-state index contributed by atoms with van der Waals surface area (Å²) in [4.78, 5) is 12.0. The topological polar surface area (TPSA) is 38.3 Å². The van der Waals surface area contributed by atoms with Crippen LogP contribution in [0.25, 0.3) is 0 Å². The maximum atomic E-state index is 12.0. The van der Waals surface area contributed by atoms with E-state index in [1.807, 2.05) is 20.8 Å². The van der Waals surface area contributed by atoms with E-state index in [0.717, 1.165) is 17.5 Å². The van der Waals surface area contributed by atoms with Crippen LogP contribution in [0.3, 0.4) is 0 Å². The summed E-state index contributed by atoms with van der Waals surface area (Å²) in [5.41, 5.74) is 2.20. The summed E-state index contributed by atoms with van der Waals surface area (Å²) in [6, 6.07) is 1.79. The number of amides is 1. The van der Waals surface area contributed by atoms with Gasteiger partial charge in [0.15, 0.2) is 0 Å². The van der Waals surface area contributed by atoms with E-state index in [1.165, 1.54) is 0 Å². The number of hydrogen-bond donors (Lipinski definition) is 1. The fourth-order valence-corrected chi connectivity index (χ4v) is 1.84. The lowest BCUT2D eigenvalue weighted by Gasteiger charge is -2.14. The second-order valence-corrected chi connectivity index (χ2v) is 4.34. The van der Waals surface area contributed by atoms with Gasteiger partial charge in [0.1, 0.15) is 5.75 Å². The molecule has 0 bridgehead atoms. The van der Waals surface area contributed by atoms with E-state index in [-0.39, 0.29) is 5.91 Å². The van der Waals surface area contributed by atoms with E-state index < -0.39 is 0 Å². The molecule has 0 radical (unpaired) electrons. The van der Waals surface area contributed by atoms with Crippen molar-refractivity contribution in [2.45, 2.75) is 27.2 Å². The van der Waals surface area contributed by atoms with Gasteiger partial charge >= 0.3 is 0 Å². The van der Waals surface area contributed by atoms with Crippen LogP contribution in [0, 0.1) is 13.8 Å². The van der Waals surface area contributed by atoms with Crippen LogP contribution in [0.5, 0.6) is 5.75 Å². The molecule has 0 fully saturated rings. The third-order valence-electron chi connectivity index (χ3n) is 2.63. The molecular formula is C13H18ClNO2. The first-order valence-corrected chi connectivity index (χ1v) is 6.02. The first kappa shape index (κ1) is 13.8. The number of carbonyl (C=O) groups is 1. The molecular weight excluding hydrogens is 238 g/mol. The Morgan fingerprint density at radius 1 is 1.47 bits per heavy atom. The average molecular weight is 256 g/mol. The third-order valence-corrected chi connectivity index (χ3v) is 3.21. The normalized spacial score (nSPS) is 10.2. The molecule has 0 atom stereocenters. The molecule has 17 heavy (non-hydrogen) atoms. The van der Waals surface area contributed by atoms with Gasteiger partial charge in [-0.2, -0.15) is 0 Å². The van der Waals surface area contributed by atoms with Crippen molar-refractivity contribution < 1.29 is 9.53 Å². The molecule has 1 N–H and O–H groups in total. The van der Waals surface area contributed by atoms with E-state index in [9.17, 15) is 4.79 Å². The standard InChI is InChI=1S/C13H18ClNO2/c1-5-6-15-13(16)11-9(3)12(14)8(2)7-10(11)17-4/h7H,5-6H2,1-4H3,(H,15,16). The van der Waals surface area contributed by atoms with Crippen LogP contribution in [0.2, 0.25) is 5.02 Å². The summed E-state index contributed by atoms with van der Waals surface area (Å²) in [7, 11) is 1.55. The minimum Gasteiger partial charge on any atom is -0.496 e. The quantitative estimate of drug-likeness (QED) is 0.898. The maximum absolute atomic E-state index is 12.0. The Bertz CT molecular complexity index is 430. The smallest absolute Gasteiger partial charge is 0.255 e. The van der Waals surface area contributed by atoms with E-state index in [2.05, 4.69) is 5.32 Å². The van der Waals surface area contributed by atoms with Crippen molar-refractivity contribution in [1.29, 1.82) is 0 Å². The van der Waals surface area contributed by atoms with Crippen LogP contribution in [0.1, 0.15) is 34.8 Å². The van der Waals surface area contributed by atoms with Gasteiger partial charge in [0.05, 0.1) is 12.7 Å². The fraction of sp³-hybridized carbons (Fsp3) is 0.462. The van der Waals surface area contributed by atoms with E-state index in [1.54, 1.807) is 13.2 Å². The van der Waals surface area contributed by atoms with Crippen molar-refractivity contribution in [2.75, 3.05) is 13.7 Å². The largest absolute Gasteiger partial charge is 0.496 e. The number of carbonyl (C=O) groups excluding carboxylic acids is 1. The number of benzene rings is 1. The molecule has 0 aliphatic rings. The van der Waals surface area contributed by atoms with Crippen LogP contribution in [-0.2, 0) is 0 Å². The highest BCUT2D eigenvalue weighted by Gasteiger charge is 2.18. The zero-order valence-corrected chi connectivity index (χ0v) is 11.4. The molecule has 94 valence electrons. The number of aryl methyl sites for hydroxylation is 1. The highest BCUT2D eigenvalue weighted by Crippen LogP contribution is 2.31. The minimum absolute atomic E-state index is 0.136. The van der Waals surface area contributed by atoms with E-state index >= 15 is 0 Å². The van der Waals surface area contributed by atoms with Gasteiger partial charge in [0.25, 0.3) is 5.91 Å². The Morgan fingerprint density at radius 2 is 2.12 bits per heavy atom. The molecule has 0 heterocycles. The summed E-state index contributed by atoms with van der Waals surface area (Å²) < 4.78 is 5.24. The number of ether oxygens (including phenoxy) is 1. The molecule has 1 rings (SSSR count). The van der Waals surface area contributed by atoms with Gasteiger partial charge in [-0.1, -0.05) is 18.5 Å². The van der Waals surface area contributed by atoms with E-state index in [4.69, 9.17) is 16.3 Å². The van der Waals surface area contributed by atoms with Gasteiger partial charge in [-0.15, -0.1) is 0 Å². The van der Waals surface area contributed by atoms with Crippen molar-refractivity contribution in [3.8, 4) is 5.75 Å². The number of nitrogens with one attached hydrogen (secondary N) is 1. The molecule has 0 saturated carbocycles. The molecule has 1 aromatic carbocycles. The molecule has 4 heteroatoms. The molecule has 3 nitrogen and oxygen atoms in total. The zero-order chi connectivity index (χ0) is 13.0. The Hall–Kier alpha value is -1.22. The molecule has 0 saturated heterocycles. The second-order valence-electron chi connectivity index (χ2n) is 3.97. The Morgan fingerprint density at radius 3 is 2.65 bits per heavy atom. The van der Waals surface area contributed by atoms with Crippen LogP contribution in [0.4, 0.5) is 0 Å². The van der Waals surface area contributed by atoms with Gasteiger partial charge in [0.2, 0.25) is 0 Å². The van der Waals surface area contributed by atoms with Crippen molar-refractivity contribution in [2.24, 2.45) is 0 Å². The predicted octanol–water partition coefficient (Wildman–Crippen LogP) is 3.11. The Labute approximate surface area is 107 Å². The van der Waals surface area contributed by atoms with Gasteiger partial charge in [-0.3, -0.25) is 4.79 Å². The average Bonchev–Trinajstić information content (AvgIpc) is 2.32. The molecule has 1 amide bonds. The fourth-order valence-electron chi connectivity index (χ4n) is 1.69. The van der Waals surface area contributed by atoms with Crippen LogP contribution >= 0.6 is 11.6 Å². The van der Waals surface area contributed by atoms with Crippen molar-refractivity contribution in [3.05, 3.63) is 27.8 Å². The molecule has 0 spiro atoms. The summed E-state index contributed by atoms with van der Waals surface area (Å²) in [6.45, 7) is 6.38. The molecule has 1 aromatic rings. The number of halogens is 1. The van der Waals surface area contributed by atoms with Gasteiger partial charge in [-0.25, -0.2) is 0 Å². The molecule has 0 aliphatic carbocycles. The predicted molar refractivity (Wildman–Crippen MR) is 70.1 cm³/mol. The van der Waals surface area contributed by atoms with E-state index in [0.29, 0.717) is 22.9 Å². The third kappa shape index (κ3) is 2.91. The first-order valence-electron chi connectivity index (χ1n) is 5.64. The SMILES string of the molecule is CCCNC(=O)c1c(OC)cc(C)c(Cl)c1C. The number of rotatable bonds is 4. The molecule has 0 aromatic heterocycles. The summed E-state index contributed by atoms with van der Waals surface area (Å²) in [5, 5.41) is 3.45. The first-order chi connectivity index (χ1) is 8.02. The second kappa shape index (κ2) is 5.92. The summed E-state index contributed by atoms with van der Waals surface area (Å²) >= 11 is 6.15. The van der Waals surface area contributed by atoms with Crippen molar-refractivity contribution >= 4 is 17.5 Å². The number of hydrogen-bond acceptors (Lipinski definition) is 2. The van der Waals surface area contributed by atoms with Crippen molar-refractivity contribution in [3.63, 3.8) is 0 Å². The molecule has 0 unspecified atom stereocenters. The van der Waals surface area contributed by atoms with Gasteiger partial charge in [0, 0.05) is 11.6 Å². The van der Waals surface area contributed by atoms with Crippen LogP contribution < -0.4 is 10.1 Å². The zero-order valence-electron chi connectivity index (χ0n) is 10.7. The lowest BCUT2D eigenvalue weighted by atomic mass is 10.0. The van der Waals surface area contributed by atoms with Gasteiger partial charge in [-0.05, 0) is 37.5 Å². The highest BCUT2D eigenvalue weighted by atomic mass is 35.5. The lowest BCUT2D eigenvalue weighted by Crippen LogP contribution is -2.25. The monoisotopic (exact) mass is 255 g/mol. The number of methoxy groups -OCH3 is 1.